The van der Waals surface area contributed by atoms with Gasteiger partial charge in [-0.1, -0.05) is 50.7 Å². The fraction of sp³-hybridized carbons (Fsp3) is 0.550. The molecule has 1 rings (SSSR count). The zero-order chi connectivity index (χ0) is 21.2. The molecule has 28 heavy (non-hydrogen) atoms. The van der Waals surface area contributed by atoms with Crippen molar-refractivity contribution in [3.63, 3.8) is 0 Å². The summed E-state index contributed by atoms with van der Waals surface area (Å²) in [6.07, 6.45) is 0. The summed E-state index contributed by atoms with van der Waals surface area (Å²) < 4.78 is 5.66. The third-order valence-electron chi connectivity index (χ3n) is 4.56. The van der Waals surface area contributed by atoms with Crippen molar-refractivity contribution in [2.24, 2.45) is 11.3 Å². The van der Waals surface area contributed by atoms with E-state index < -0.39 is 17.3 Å². The third-order valence-corrected chi connectivity index (χ3v) is 5.36. The number of nitrogens with zero attached hydrogens (tertiary/aromatic N) is 1. The van der Waals surface area contributed by atoms with E-state index in [2.05, 4.69) is 5.32 Å². The molecule has 0 radical (unpaired) electrons. The highest BCUT2D eigenvalue weighted by Crippen LogP contribution is 2.25. The second kappa shape index (κ2) is 11.6. The third kappa shape index (κ3) is 8.65. The first-order chi connectivity index (χ1) is 13.1. The van der Waals surface area contributed by atoms with Crippen LogP contribution in [0.2, 0.25) is 0 Å². The van der Waals surface area contributed by atoms with Crippen molar-refractivity contribution in [2.45, 2.75) is 27.7 Å². The van der Waals surface area contributed by atoms with Gasteiger partial charge < -0.3 is 20.1 Å². The lowest BCUT2D eigenvalue weighted by atomic mass is 9.80. The molecule has 1 aromatic carbocycles. The Morgan fingerprint density at radius 1 is 1.21 bits per heavy atom. The average Bonchev–Trinajstić information content (AvgIpc) is 2.64. The lowest BCUT2D eigenvalue weighted by Gasteiger charge is -2.31. The molecule has 8 heteroatoms. The molecule has 2 N–H and O–H groups in total. The number of carbonyl (C=O) groups excluding carboxylic acids is 2. The van der Waals surface area contributed by atoms with Gasteiger partial charge in [-0.2, -0.15) is 0 Å². The zero-order valence-corrected chi connectivity index (χ0v) is 17.8. The van der Waals surface area contributed by atoms with Crippen LogP contribution in [0.3, 0.4) is 0 Å². The number of para-hydroxylation sites is 1. The minimum atomic E-state index is -0.898. The van der Waals surface area contributed by atoms with Gasteiger partial charge in [0.25, 0.3) is 0 Å². The van der Waals surface area contributed by atoms with Crippen LogP contribution in [0.5, 0.6) is 5.75 Å². The highest BCUT2D eigenvalue weighted by atomic mass is 32.2. The van der Waals surface area contributed by atoms with Gasteiger partial charge in [0.2, 0.25) is 0 Å². The minimum absolute atomic E-state index is 0.00249. The Kier molecular flexibility index (Phi) is 9.85. The summed E-state index contributed by atoms with van der Waals surface area (Å²) in [7, 11) is 0. The Labute approximate surface area is 170 Å². The van der Waals surface area contributed by atoms with E-state index in [0.29, 0.717) is 25.4 Å². The number of hydrogen-bond donors (Lipinski definition) is 2. The molecule has 0 bridgehead atoms. The Hall–Kier alpha value is -2.22. The van der Waals surface area contributed by atoms with E-state index in [-0.39, 0.29) is 17.7 Å². The molecule has 0 heterocycles. The first-order valence-electron chi connectivity index (χ1n) is 9.20. The number of carboxylic acids is 1. The Morgan fingerprint density at radius 3 is 2.43 bits per heavy atom. The molecule has 0 saturated carbocycles. The van der Waals surface area contributed by atoms with E-state index in [9.17, 15) is 19.5 Å². The number of carbonyl (C=O) groups is 3. The summed E-state index contributed by atoms with van der Waals surface area (Å²) in [5.74, 6) is -0.290. The van der Waals surface area contributed by atoms with Crippen molar-refractivity contribution < 1.29 is 24.2 Å². The van der Waals surface area contributed by atoms with Crippen LogP contribution in [-0.2, 0) is 9.59 Å². The van der Waals surface area contributed by atoms with E-state index in [1.165, 1.54) is 6.92 Å². The Balaban J connectivity index is 2.61. The number of aliphatic carboxylic acids is 1. The number of ether oxygens (including phenoxy) is 1. The fourth-order valence-corrected chi connectivity index (χ4v) is 2.91. The van der Waals surface area contributed by atoms with Crippen LogP contribution in [0.25, 0.3) is 0 Å². The molecule has 0 aromatic heterocycles. The van der Waals surface area contributed by atoms with Crippen LogP contribution in [0.1, 0.15) is 27.7 Å². The van der Waals surface area contributed by atoms with Crippen molar-refractivity contribution in [1.82, 2.24) is 10.2 Å². The van der Waals surface area contributed by atoms with E-state index in [0.717, 1.165) is 17.5 Å². The van der Waals surface area contributed by atoms with Crippen molar-refractivity contribution in [3.05, 3.63) is 30.3 Å². The minimum Gasteiger partial charge on any atom is -0.492 e. The van der Waals surface area contributed by atoms with Gasteiger partial charge in [-0.25, -0.2) is 4.79 Å². The van der Waals surface area contributed by atoms with Crippen molar-refractivity contribution in [1.29, 1.82) is 0 Å². The quantitative estimate of drug-likeness (QED) is 0.582. The van der Waals surface area contributed by atoms with Crippen molar-refractivity contribution in [2.75, 3.05) is 32.0 Å². The zero-order valence-electron chi connectivity index (χ0n) is 16.9. The molecule has 0 saturated heterocycles. The largest absolute Gasteiger partial charge is 0.492 e. The molecule has 0 unspecified atom stereocenters. The molecule has 2 amide bonds. The predicted octanol–water partition coefficient (Wildman–Crippen LogP) is 3.10. The summed E-state index contributed by atoms with van der Waals surface area (Å²) in [5.41, 5.74) is -0.595. The van der Waals surface area contributed by atoms with Gasteiger partial charge >= 0.3 is 12.0 Å². The molecule has 0 spiro atoms. The first kappa shape index (κ1) is 23.8. The van der Waals surface area contributed by atoms with Crippen molar-refractivity contribution >= 4 is 28.9 Å². The van der Waals surface area contributed by atoms with Crippen molar-refractivity contribution in [3.8, 4) is 5.75 Å². The summed E-state index contributed by atoms with van der Waals surface area (Å²) in [4.78, 5) is 36.6. The molecule has 0 fully saturated rings. The summed E-state index contributed by atoms with van der Waals surface area (Å²) >= 11 is 1.16. The number of carboxylic acid groups (broad SMARTS) is 1. The predicted molar refractivity (Wildman–Crippen MR) is 111 cm³/mol. The Morgan fingerprint density at radius 2 is 1.86 bits per heavy atom. The van der Waals surface area contributed by atoms with Crippen LogP contribution in [0.15, 0.2) is 30.3 Å². The van der Waals surface area contributed by atoms with Gasteiger partial charge in [-0.15, -0.1) is 0 Å². The molecule has 0 aliphatic heterocycles. The maximum Gasteiger partial charge on any atom is 0.317 e. The summed E-state index contributed by atoms with van der Waals surface area (Å²) in [6, 6.07) is 9.01. The molecular formula is C20H30N2O5S. The van der Waals surface area contributed by atoms with E-state index in [1.54, 1.807) is 25.7 Å². The molecule has 0 aliphatic rings. The molecule has 0 aliphatic carbocycles. The summed E-state index contributed by atoms with van der Waals surface area (Å²) in [5, 5.41) is 12.0. The molecule has 1 aromatic rings. The maximum absolute atomic E-state index is 12.6. The van der Waals surface area contributed by atoms with Gasteiger partial charge in [0, 0.05) is 25.8 Å². The SMILES string of the molecule is CC(=O)SCCN(CCOc1ccccc1)C(=O)NCC(C)(C)[C@H](C)C(=O)O. The van der Waals surface area contributed by atoms with E-state index in [1.807, 2.05) is 30.3 Å². The number of thioether (sulfide) groups is 1. The number of hydrogen-bond acceptors (Lipinski definition) is 5. The topological polar surface area (TPSA) is 95.9 Å². The molecule has 1 atom stereocenters. The second-order valence-electron chi connectivity index (χ2n) is 7.20. The van der Waals surface area contributed by atoms with Crippen LogP contribution >= 0.6 is 11.8 Å². The van der Waals surface area contributed by atoms with Gasteiger partial charge in [0.15, 0.2) is 5.12 Å². The van der Waals surface area contributed by atoms with E-state index >= 15 is 0 Å². The number of benzene rings is 1. The van der Waals surface area contributed by atoms with E-state index in [4.69, 9.17) is 4.74 Å². The standard InChI is InChI=1S/C20H30N2O5S/c1-15(18(24)25)20(3,4)14-21-19(26)22(11-13-28-16(2)23)10-12-27-17-8-6-5-7-9-17/h5-9,15H,10-14H2,1-4H3,(H,21,26)(H,24,25)/t15-/m1/s1. The highest BCUT2D eigenvalue weighted by Gasteiger charge is 2.32. The molecule has 7 nitrogen and oxygen atoms in total. The van der Waals surface area contributed by atoms with Crippen LogP contribution in [0, 0.1) is 11.3 Å². The van der Waals surface area contributed by atoms with Crippen LogP contribution in [0.4, 0.5) is 4.79 Å². The first-order valence-corrected chi connectivity index (χ1v) is 10.2. The second-order valence-corrected chi connectivity index (χ2v) is 8.47. The average molecular weight is 411 g/mol. The molecule has 156 valence electrons. The van der Waals surface area contributed by atoms with Crippen LogP contribution in [-0.4, -0.2) is 59.1 Å². The lowest BCUT2D eigenvalue weighted by molar-refractivity contribution is -0.144. The smallest absolute Gasteiger partial charge is 0.317 e. The number of amides is 2. The van der Waals surface area contributed by atoms with Gasteiger partial charge in [0.05, 0.1) is 12.5 Å². The number of urea groups is 1. The summed E-state index contributed by atoms with van der Waals surface area (Å²) in [6.45, 7) is 8.03. The fourth-order valence-electron chi connectivity index (χ4n) is 2.31. The molecular weight excluding hydrogens is 380 g/mol. The maximum atomic E-state index is 12.6. The van der Waals surface area contributed by atoms with Crippen LogP contribution < -0.4 is 10.1 Å². The highest BCUT2D eigenvalue weighted by molar-refractivity contribution is 8.13. The van der Waals surface area contributed by atoms with Gasteiger partial charge in [-0.3, -0.25) is 9.59 Å². The number of nitrogens with one attached hydrogen (secondary N) is 1. The normalized spacial score (nSPS) is 12.1. The number of rotatable bonds is 11. The monoisotopic (exact) mass is 410 g/mol. The van der Waals surface area contributed by atoms with Gasteiger partial charge in [-0.05, 0) is 17.5 Å². The Bertz CT molecular complexity index is 651. The lowest BCUT2D eigenvalue weighted by Crippen LogP contribution is -2.47. The van der Waals surface area contributed by atoms with Gasteiger partial charge in [0.1, 0.15) is 12.4 Å².